The van der Waals surface area contributed by atoms with E-state index in [1.165, 1.54) is 0 Å². The zero-order chi connectivity index (χ0) is 12.3. The molecule has 0 aliphatic carbocycles. The molecule has 0 bridgehead atoms. The van der Waals surface area contributed by atoms with Gasteiger partial charge in [0, 0.05) is 24.1 Å². The fourth-order valence-electron chi connectivity index (χ4n) is 2.34. The Morgan fingerprint density at radius 2 is 2.00 bits per heavy atom. The molecule has 1 aliphatic rings. The summed E-state index contributed by atoms with van der Waals surface area (Å²) in [5.74, 6) is 1.79. The standard InChI is InChI=1S/C13H19NO3/c1-16-12-7-11(15)13(17-2)6-10(12)9-4-3-5-14-8-9/h6-7,9,14-15H,3-5,8H2,1-2H3. The summed E-state index contributed by atoms with van der Waals surface area (Å²) >= 11 is 0. The van der Waals surface area contributed by atoms with Crippen LogP contribution in [0.3, 0.4) is 0 Å². The number of hydrogen-bond acceptors (Lipinski definition) is 4. The average Bonchev–Trinajstić information content (AvgIpc) is 2.39. The maximum atomic E-state index is 9.72. The van der Waals surface area contributed by atoms with Crippen molar-refractivity contribution in [1.82, 2.24) is 5.32 Å². The van der Waals surface area contributed by atoms with Crippen LogP contribution in [0.2, 0.25) is 0 Å². The number of rotatable bonds is 3. The van der Waals surface area contributed by atoms with Crippen molar-refractivity contribution in [3.8, 4) is 17.2 Å². The molecule has 4 nitrogen and oxygen atoms in total. The molecule has 0 saturated carbocycles. The first kappa shape index (κ1) is 12.0. The maximum Gasteiger partial charge on any atom is 0.161 e. The molecule has 1 atom stereocenters. The van der Waals surface area contributed by atoms with Crippen molar-refractivity contribution >= 4 is 0 Å². The van der Waals surface area contributed by atoms with Crippen LogP contribution in [0.15, 0.2) is 12.1 Å². The summed E-state index contributed by atoms with van der Waals surface area (Å²) in [5, 5.41) is 13.1. The lowest BCUT2D eigenvalue weighted by atomic mass is 9.90. The van der Waals surface area contributed by atoms with Gasteiger partial charge in [-0.2, -0.15) is 0 Å². The Morgan fingerprint density at radius 3 is 2.59 bits per heavy atom. The Bertz CT molecular complexity index is 386. The molecule has 1 unspecified atom stereocenters. The van der Waals surface area contributed by atoms with Gasteiger partial charge in [0.05, 0.1) is 14.2 Å². The van der Waals surface area contributed by atoms with Gasteiger partial charge in [-0.3, -0.25) is 0 Å². The molecular weight excluding hydrogens is 218 g/mol. The second-order valence-corrected chi connectivity index (χ2v) is 4.31. The van der Waals surface area contributed by atoms with E-state index in [1.54, 1.807) is 20.3 Å². The number of benzene rings is 1. The Hall–Kier alpha value is -1.42. The molecule has 1 aliphatic heterocycles. The summed E-state index contributed by atoms with van der Waals surface area (Å²) in [4.78, 5) is 0. The minimum Gasteiger partial charge on any atom is -0.504 e. The molecule has 4 heteroatoms. The van der Waals surface area contributed by atoms with Crippen molar-refractivity contribution < 1.29 is 14.6 Å². The minimum atomic E-state index is 0.122. The number of phenolic OH excluding ortho intramolecular Hbond substituents is 1. The molecule has 1 saturated heterocycles. The van der Waals surface area contributed by atoms with Crippen molar-refractivity contribution in [3.05, 3.63) is 17.7 Å². The number of ether oxygens (including phenoxy) is 2. The van der Waals surface area contributed by atoms with E-state index in [1.807, 2.05) is 6.07 Å². The van der Waals surface area contributed by atoms with Crippen molar-refractivity contribution in [2.45, 2.75) is 18.8 Å². The van der Waals surface area contributed by atoms with E-state index in [9.17, 15) is 5.11 Å². The number of nitrogens with one attached hydrogen (secondary N) is 1. The molecule has 0 aromatic heterocycles. The minimum absolute atomic E-state index is 0.122. The van der Waals surface area contributed by atoms with Gasteiger partial charge in [0.15, 0.2) is 11.5 Å². The van der Waals surface area contributed by atoms with E-state index in [4.69, 9.17) is 9.47 Å². The highest BCUT2D eigenvalue weighted by Gasteiger charge is 2.21. The lowest BCUT2D eigenvalue weighted by molar-refractivity contribution is 0.358. The van der Waals surface area contributed by atoms with Crippen molar-refractivity contribution in [3.63, 3.8) is 0 Å². The van der Waals surface area contributed by atoms with Crippen LogP contribution >= 0.6 is 0 Å². The molecule has 0 spiro atoms. The van der Waals surface area contributed by atoms with E-state index >= 15 is 0 Å². The predicted molar refractivity (Wildman–Crippen MR) is 66.1 cm³/mol. The van der Waals surface area contributed by atoms with Gasteiger partial charge < -0.3 is 19.9 Å². The lowest BCUT2D eigenvalue weighted by Crippen LogP contribution is -2.28. The number of methoxy groups -OCH3 is 2. The van der Waals surface area contributed by atoms with Crippen molar-refractivity contribution in [2.24, 2.45) is 0 Å². The largest absolute Gasteiger partial charge is 0.504 e. The molecule has 0 radical (unpaired) electrons. The predicted octanol–water partition coefficient (Wildman–Crippen LogP) is 1.88. The van der Waals surface area contributed by atoms with Crippen LogP contribution in [0, 0.1) is 0 Å². The third-order valence-electron chi connectivity index (χ3n) is 3.27. The first-order valence-corrected chi connectivity index (χ1v) is 5.92. The zero-order valence-electron chi connectivity index (χ0n) is 10.3. The molecule has 1 aromatic carbocycles. The van der Waals surface area contributed by atoms with Crippen LogP contribution < -0.4 is 14.8 Å². The molecule has 17 heavy (non-hydrogen) atoms. The van der Waals surface area contributed by atoms with E-state index in [0.717, 1.165) is 37.2 Å². The summed E-state index contributed by atoms with van der Waals surface area (Å²) in [6, 6.07) is 3.51. The van der Waals surface area contributed by atoms with Crippen LogP contribution in [0.1, 0.15) is 24.3 Å². The average molecular weight is 237 g/mol. The first-order chi connectivity index (χ1) is 8.26. The van der Waals surface area contributed by atoms with Crippen molar-refractivity contribution in [1.29, 1.82) is 0 Å². The summed E-state index contributed by atoms with van der Waals surface area (Å²) in [7, 11) is 3.19. The van der Waals surface area contributed by atoms with Gasteiger partial charge in [0.1, 0.15) is 5.75 Å². The van der Waals surface area contributed by atoms with E-state index in [0.29, 0.717) is 11.7 Å². The number of piperidine rings is 1. The van der Waals surface area contributed by atoms with Gasteiger partial charge in [0.2, 0.25) is 0 Å². The summed E-state index contributed by atoms with van der Waals surface area (Å²) in [6.45, 7) is 2.03. The fraction of sp³-hybridized carbons (Fsp3) is 0.538. The molecule has 2 N–H and O–H groups in total. The maximum absolute atomic E-state index is 9.72. The van der Waals surface area contributed by atoms with Gasteiger partial charge in [-0.05, 0) is 25.5 Å². The van der Waals surface area contributed by atoms with Crippen LogP contribution in [0.25, 0.3) is 0 Å². The Kier molecular flexibility index (Phi) is 3.74. The molecule has 0 amide bonds. The van der Waals surface area contributed by atoms with Crippen LogP contribution in [-0.2, 0) is 0 Å². The highest BCUT2D eigenvalue weighted by atomic mass is 16.5. The van der Waals surface area contributed by atoms with Crippen molar-refractivity contribution in [2.75, 3.05) is 27.3 Å². The van der Waals surface area contributed by atoms with Crippen LogP contribution in [0.5, 0.6) is 17.2 Å². The second kappa shape index (κ2) is 5.27. The molecule has 2 rings (SSSR count). The monoisotopic (exact) mass is 237 g/mol. The van der Waals surface area contributed by atoms with Gasteiger partial charge in [0.25, 0.3) is 0 Å². The highest BCUT2D eigenvalue weighted by molar-refractivity contribution is 5.51. The SMILES string of the molecule is COc1cc(C2CCCNC2)c(OC)cc1O. The van der Waals surface area contributed by atoms with Gasteiger partial charge in [-0.1, -0.05) is 0 Å². The highest BCUT2D eigenvalue weighted by Crippen LogP contribution is 2.39. The second-order valence-electron chi connectivity index (χ2n) is 4.31. The van der Waals surface area contributed by atoms with Crippen LogP contribution in [-0.4, -0.2) is 32.4 Å². The molecule has 1 fully saturated rings. The Morgan fingerprint density at radius 1 is 1.24 bits per heavy atom. The molecule has 1 aromatic rings. The zero-order valence-corrected chi connectivity index (χ0v) is 10.3. The number of aromatic hydroxyl groups is 1. The number of hydrogen-bond donors (Lipinski definition) is 2. The van der Waals surface area contributed by atoms with Gasteiger partial charge >= 0.3 is 0 Å². The fourth-order valence-corrected chi connectivity index (χ4v) is 2.34. The quantitative estimate of drug-likeness (QED) is 0.842. The third kappa shape index (κ3) is 2.47. The van der Waals surface area contributed by atoms with E-state index < -0.39 is 0 Å². The van der Waals surface area contributed by atoms with E-state index in [-0.39, 0.29) is 5.75 Å². The Balaban J connectivity index is 2.35. The summed E-state index contributed by atoms with van der Waals surface area (Å²) in [6.07, 6.45) is 2.30. The first-order valence-electron chi connectivity index (χ1n) is 5.92. The Labute approximate surface area is 102 Å². The lowest BCUT2D eigenvalue weighted by Gasteiger charge is -2.25. The molecule has 1 heterocycles. The third-order valence-corrected chi connectivity index (χ3v) is 3.27. The summed E-state index contributed by atoms with van der Waals surface area (Å²) < 4.78 is 10.5. The topological polar surface area (TPSA) is 50.7 Å². The summed E-state index contributed by atoms with van der Waals surface area (Å²) in [5.41, 5.74) is 1.11. The van der Waals surface area contributed by atoms with Gasteiger partial charge in [-0.15, -0.1) is 0 Å². The normalized spacial score (nSPS) is 20.0. The van der Waals surface area contributed by atoms with E-state index in [2.05, 4.69) is 5.32 Å². The smallest absolute Gasteiger partial charge is 0.161 e. The number of phenols is 1. The molecule has 94 valence electrons. The molecular formula is C13H19NO3. The van der Waals surface area contributed by atoms with Crippen LogP contribution in [0.4, 0.5) is 0 Å². The van der Waals surface area contributed by atoms with Gasteiger partial charge in [-0.25, -0.2) is 0 Å².